The quantitative estimate of drug-likeness (QED) is 0.319. The van der Waals surface area contributed by atoms with E-state index in [1.165, 1.54) is 12.1 Å². The van der Waals surface area contributed by atoms with Crippen molar-refractivity contribution in [3.8, 4) is 23.0 Å². The van der Waals surface area contributed by atoms with Crippen LogP contribution in [0.15, 0.2) is 72.8 Å². The van der Waals surface area contributed by atoms with E-state index >= 15 is 0 Å². The molecular formula is C22H14O8. The Balaban J connectivity index is 1.97. The minimum atomic E-state index is -0.769. The molecule has 0 saturated carbocycles. The Hall–Kier alpha value is -4.46. The summed E-state index contributed by atoms with van der Waals surface area (Å²) in [6.07, 6.45) is 0. The van der Waals surface area contributed by atoms with Crippen molar-refractivity contribution in [3.63, 3.8) is 0 Å². The van der Waals surface area contributed by atoms with Crippen molar-refractivity contribution in [1.82, 2.24) is 0 Å². The van der Waals surface area contributed by atoms with Crippen LogP contribution in [-0.2, 0) is 9.59 Å². The van der Waals surface area contributed by atoms with Gasteiger partial charge in [-0.2, -0.15) is 0 Å². The molecule has 0 aliphatic heterocycles. The minimum absolute atomic E-state index is 0.0719. The van der Waals surface area contributed by atoms with Gasteiger partial charge in [-0.05, 0) is 24.3 Å². The van der Waals surface area contributed by atoms with Gasteiger partial charge in [-0.15, -0.1) is 0 Å². The molecule has 0 spiro atoms. The molecule has 0 fully saturated rings. The predicted molar refractivity (Wildman–Crippen MR) is 103 cm³/mol. The molecule has 3 aromatic rings. The van der Waals surface area contributed by atoms with Crippen molar-refractivity contribution in [2.45, 2.75) is 0 Å². The molecule has 0 saturated heterocycles. The fourth-order valence-electron chi connectivity index (χ4n) is 2.46. The summed E-state index contributed by atoms with van der Waals surface area (Å²) < 4.78 is 20.2. The Bertz CT molecular complexity index is 1060. The predicted octanol–water partition coefficient (Wildman–Crippen LogP) is 3.20. The molecule has 3 aromatic carbocycles. The van der Waals surface area contributed by atoms with Crippen LogP contribution in [0.25, 0.3) is 0 Å². The highest BCUT2D eigenvalue weighted by Crippen LogP contribution is 2.41. The molecule has 150 valence electrons. The van der Waals surface area contributed by atoms with E-state index in [0.717, 1.165) is 12.1 Å². The number of carbonyl (C=O) groups is 4. The molecule has 0 N–H and O–H groups in total. The second-order valence-corrected chi connectivity index (χ2v) is 5.69. The van der Waals surface area contributed by atoms with Gasteiger partial charge in [0.25, 0.3) is 12.9 Å². The summed E-state index contributed by atoms with van der Waals surface area (Å²) in [5, 5.41) is 0. The fourth-order valence-corrected chi connectivity index (χ4v) is 2.46. The summed E-state index contributed by atoms with van der Waals surface area (Å²) in [4.78, 5) is 46.5. The van der Waals surface area contributed by atoms with E-state index in [1.54, 1.807) is 48.5 Å². The number of carbonyl (C=O) groups excluding carboxylic acids is 4. The zero-order valence-electron chi connectivity index (χ0n) is 15.3. The first-order chi connectivity index (χ1) is 14.6. The van der Waals surface area contributed by atoms with Gasteiger partial charge in [-0.1, -0.05) is 36.4 Å². The van der Waals surface area contributed by atoms with Crippen molar-refractivity contribution in [1.29, 1.82) is 0 Å². The van der Waals surface area contributed by atoms with Crippen LogP contribution < -0.4 is 18.9 Å². The van der Waals surface area contributed by atoms with Crippen LogP contribution in [0.4, 0.5) is 0 Å². The molecular weight excluding hydrogens is 392 g/mol. The van der Waals surface area contributed by atoms with E-state index in [4.69, 9.17) is 18.9 Å². The highest BCUT2D eigenvalue weighted by molar-refractivity contribution is 5.92. The van der Waals surface area contributed by atoms with E-state index in [9.17, 15) is 19.2 Å². The van der Waals surface area contributed by atoms with Gasteiger partial charge in [-0.25, -0.2) is 9.59 Å². The lowest BCUT2D eigenvalue weighted by molar-refractivity contribution is -0.123. The van der Waals surface area contributed by atoms with Gasteiger partial charge in [0.1, 0.15) is 5.75 Å². The van der Waals surface area contributed by atoms with Crippen molar-refractivity contribution < 1.29 is 38.1 Å². The minimum Gasteiger partial charge on any atom is -0.424 e. The number of rotatable bonds is 8. The standard InChI is InChI=1S/C22H14O8/c23-13-27-18-11-17(29-21(25)15-7-3-1-4-8-15)12-19(20(18)28-14-24)30-22(26)16-9-5-2-6-10-16/h1-14H. The first kappa shape index (κ1) is 20.3. The molecule has 0 amide bonds. The maximum Gasteiger partial charge on any atom is 0.343 e. The fraction of sp³-hybridized carbons (Fsp3) is 0. The van der Waals surface area contributed by atoms with Crippen molar-refractivity contribution in [2.24, 2.45) is 0 Å². The molecule has 0 unspecified atom stereocenters. The third kappa shape index (κ3) is 4.87. The summed E-state index contributed by atoms with van der Waals surface area (Å²) in [5.74, 6) is -2.47. The molecule has 0 radical (unpaired) electrons. The highest BCUT2D eigenvalue weighted by Gasteiger charge is 2.21. The Kier molecular flexibility index (Phi) is 6.52. The van der Waals surface area contributed by atoms with Crippen molar-refractivity contribution in [3.05, 3.63) is 83.9 Å². The van der Waals surface area contributed by atoms with E-state index in [2.05, 4.69) is 0 Å². The number of hydrogen-bond donors (Lipinski definition) is 0. The van der Waals surface area contributed by atoms with E-state index in [0.29, 0.717) is 0 Å². The topological polar surface area (TPSA) is 105 Å². The molecule has 0 bridgehead atoms. The van der Waals surface area contributed by atoms with E-state index in [1.807, 2.05) is 0 Å². The van der Waals surface area contributed by atoms with Gasteiger partial charge >= 0.3 is 11.9 Å². The molecule has 0 atom stereocenters. The van der Waals surface area contributed by atoms with E-state index < -0.39 is 11.9 Å². The van der Waals surface area contributed by atoms with Gasteiger partial charge in [0.15, 0.2) is 11.5 Å². The first-order valence-corrected chi connectivity index (χ1v) is 8.55. The lowest BCUT2D eigenvalue weighted by Crippen LogP contribution is -2.12. The van der Waals surface area contributed by atoms with Crippen LogP contribution in [0.3, 0.4) is 0 Å². The highest BCUT2D eigenvalue weighted by atomic mass is 16.6. The second kappa shape index (κ2) is 9.65. The van der Waals surface area contributed by atoms with Gasteiger partial charge in [-0.3, -0.25) is 9.59 Å². The molecule has 0 aliphatic carbocycles. The van der Waals surface area contributed by atoms with Gasteiger partial charge < -0.3 is 18.9 Å². The van der Waals surface area contributed by atoms with Crippen LogP contribution in [-0.4, -0.2) is 24.9 Å². The van der Waals surface area contributed by atoms with Gasteiger partial charge in [0, 0.05) is 12.1 Å². The summed E-state index contributed by atoms with van der Waals surface area (Å²) in [6, 6.07) is 18.5. The number of benzene rings is 3. The third-order valence-corrected chi connectivity index (χ3v) is 3.77. The Morgan fingerprint density at radius 2 is 1.13 bits per heavy atom. The SMILES string of the molecule is O=COc1cc(OC(=O)c2ccccc2)cc(OC(=O)c2ccccc2)c1OC=O. The van der Waals surface area contributed by atoms with Crippen LogP contribution in [0.1, 0.15) is 20.7 Å². The van der Waals surface area contributed by atoms with Crippen LogP contribution in [0, 0.1) is 0 Å². The monoisotopic (exact) mass is 406 g/mol. The summed E-state index contributed by atoms with van der Waals surface area (Å²) >= 11 is 0. The average molecular weight is 406 g/mol. The molecule has 8 heteroatoms. The first-order valence-electron chi connectivity index (χ1n) is 8.55. The van der Waals surface area contributed by atoms with Crippen LogP contribution in [0.2, 0.25) is 0 Å². The maximum absolute atomic E-state index is 12.4. The summed E-state index contributed by atoms with van der Waals surface area (Å²) in [7, 11) is 0. The van der Waals surface area contributed by atoms with Gasteiger partial charge in [0.05, 0.1) is 11.1 Å². The second-order valence-electron chi connectivity index (χ2n) is 5.69. The van der Waals surface area contributed by atoms with Gasteiger partial charge in [0.2, 0.25) is 5.75 Å². The molecule has 0 aromatic heterocycles. The largest absolute Gasteiger partial charge is 0.424 e. The molecule has 0 heterocycles. The number of hydrogen-bond acceptors (Lipinski definition) is 8. The Morgan fingerprint density at radius 3 is 1.67 bits per heavy atom. The van der Waals surface area contributed by atoms with E-state index in [-0.39, 0.29) is 47.1 Å². The zero-order valence-corrected chi connectivity index (χ0v) is 15.3. The maximum atomic E-state index is 12.4. The molecule has 0 aliphatic rings. The molecule has 3 rings (SSSR count). The molecule has 30 heavy (non-hydrogen) atoms. The van der Waals surface area contributed by atoms with Crippen LogP contribution in [0.5, 0.6) is 23.0 Å². The normalized spacial score (nSPS) is 9.87. The Morgan fingerprint density at radius 1 is 0.633 bits per heavy atom. The lowest BCUT2D eigenvalue weighted by atomic mass is 10.2. The van der Waals surface area contributed by atoms with Crippen LogP contribution >= 0.6 is 0 Å². The summed E-state index contributed by atoms with van der Waals surface area (Å²) in [5.41, 5.74) is 0.491. The van der Waals surface area contributed by atoms with Crippen molar-refractivity contribution in [2.75, 3.05) is 0 Å². The zero-order chi connectivity index (χ0) is 21.3. The summed E-state index contributed by atoms with van der Waals surface area (Å²) in [6.45, 7) is 0.154. The number of ether oxygens (including phenoxy) is 4. The average Bonchev–Trinajstić information content (AvgIpc) is 2.77. The molecule has 8 nitrogen and oxygen atoms in total. The van der Waals surface area contributed by atoms with Crippen molar-refractivity contribution >= 4 is 24.9 Å². The smallest absolute Gasteiger partial charge is 0.343 e. The third-order valence-electron chi connectivity index (χ3n) is 3.77. The Labute approximate surface area is 170 Å². The number of esters is 2. The lowest BCUT2D eigenvalue weighted by Gasteiger charge is -2.14.